The maximum absolute atomic E-state index is 12.2. The quantitative estimate of drug-likeness (QED) is 0.889. The van der Waals surface area contributed by atoms with Crippen molar-refractivity contribution in [3.8, 4) is 6.07 Å². The second-order valence-corrected chi connectivity index (χ2v) is 6.19. The van der Waals surface area contributed by atoms with E-state index in [9.17, 15) is 8.42 Å². The molecule has 0 radical (unpaired) electrons. The fourth-order valence-corrected chi connectivity index (χ4v) is 3.04. The lowest BCUT2D eigenvalue weighted by Gasteiger charge is -2.27. The second-order valence-electron chi connectivity index (χ2n) is 4.51. The Hall–Kier alpha value is -1.38. The van der Waals surface area contributed by atoms with Gasteiger partial charge in [-0.25, -0.2) is 13.1 Å². The summed E-state index contributed by atoms with van der Waals surface area (Å²) < 4.78 is 27.1. The van der Waals surface area contributed by atoms with Gasteiger partial charge in [0, 0.05) is 5.54 Å². The fraction of sp³-hybridized carbons (Fsp3) is 0.462. The van der Waals surface area contributed by atoms with Crippen molar-refractivity contribution in [1.29, 1.82) is 5.26 Å². The summed E-state index contributed by atoms with van der Waals surface area (Å²) in [7, 11) is -3.53. The van der Waals surface area contributed by atoms with Gasteiger partial charge < -0.3 is 0 Å². The van der Waals surface area contributed by atoms with E-state index in [1.165, 1.54) is 24.3 Å². The number of hydrogen-bond donors (Lipinski definition) is 1. The zero-order valence-corrected chi connectivity index (χ0v) is 11.7. The van der Waals surface area contributed by atoms with Crippen LogP contribution in [0.25, 0.3) is 0 Å². The Morgan fingerprint density at radius 2 is 1.72 bits per heavy atom. The molecule has 0 spiro atoms. The highest BCUT2D eigenvalue weighted by molar-refractivity contribution is 7.89. The molecule has 98 valence electrons. The van der Waals surface area contributed by atoms with Gasteiger partial charge in [-0.2, -0.15) is 5.26 Å². The first-order valence-corrected chi connectivity index (χ1v) is 7.39. The Labute approximate surface area is 109 Å². The lowest BCUT2D eigenvalue weighted by molar-refractivity contribution is 0.388. The van der Waals surface area contributed by atoms with E-state index < -0.39 is 15.6 Å². The molecule has 0 aliphatic rings. The Kier molecular flexibility index (Phi) is 4.49. The predicted octanol–water partition coefficient (Wildman–Crippen LogP) is 2.42. The average Bonchev–Trinajstić information content (AvgIpc) is 2.38. The summed E-state index contributed by atoms with van der Waals surface area (Å²) >= 11 is 0. The largest absolute Gasteiger partial charge is 0.241 e. The van der Waals surface area contributed by atoms with Crippen molar-refractivity contribution in [1.82, 2.24) is 4.72 Å². The summed E-state index contributed by atoms with van der Waals surface area (Å²) in [6.07, 6.45) is 1.44. The Balaban J connectivity index is 3.03. The first-order valence-electron chi connectivity index (χ1n) is 5.91. The van der Waals surface area contributed by atoms with Crippen LogP contribution in [0.5, 0.6) is 0 Å². The van der Waals surface area contributed by atoms with E-state index in [1.54, 1.807) is 0 Å². The maximum atomic E-state index is 12.2. The van der Waals surface area contributed by atoms with Crippen LogP contribution in [0.4, 0.5) is 0 Å². The molecule has 0 saturated heterocycles. The second kappa shape index (κ2) is 5.51. The van der Waals surface area contributed by atoms with Gasteiger partial charge in [0.05, 0.1) is 16.5 Å². The minimum absolute atomic E-state index is 0.189. The molecule has 0 fully saturated rings. The molecule has 0 atom stereocenters. The fourth-order valence-electron chi connectivity index (χ4n) is 1.49. The summed E-state index contributed by atoms with van der Waals surface area (Å²) in [5.41, 5.74) is 0.00918. The van der Waals surface area contributed by atoms with E-state index in [4.69, 9.17) is 5.26 Å². The van der Waals surface area contributed by atoms with Crippen LogP contribution in [0.2, 0.25) is 0 Å². The number of sulfonamides is 1. The van der Waals surface area contributed by atoms with Crippen molar-refractivity contribution in [2.75, 3.05) is 0 Å². The first kappa shape index (κ1) is 14.7. The van der Waals surface area contributed by atoms with Gasteiger partial charge in [-0.1, -0.05) is 13.8 Å². The summed E-state index contributed by atoms with van der Waals surface area (Å²) in [4.78, 5) is 0.189. The number of nitrogens with zero attached hydrogens (tertiary/aromatic N) is 1. The molecule has 0 aliphatic heterocycles. The van der Waals surface area contributed by atoms with Gasteiger partial charge in [0.2, 0.25) is 10.0 Å². The lowest BCUT2D eigenvalue weighted by Crippen LogP contribution is -2.44. The van der Waals surface area contributed by atoms with Crippen molar-refractivity contribution in [3.05, 3.63) is 29.8 Å². The number of rotatable bonds is 5. The van der Waals surface area contributed by atoms with Crippen LogP contribution in [0.3, 0.4) is 0 Å². The Morgan fingerprint density at radius 1 is 1.22 bits per heavy atom. The van der Waals surface area contributed by atoms with Gasteiger partial charge in [0.15, 0.2) is 0 Å². The number of nitrogens with one attached hydrogen (secondary N) is 1. The van der Waals surface area contributed by atoms with Gasteiger partial charge in [-0.05, 0) is 44.0 Å². The zero-order valence-electron chi connectivity index (χ0n) is 10.9. The zero-order chi connectivity index (χ0) is 13.8. The molecule has 0 unspecified atom stereocenters. The standard InChI is InChI=1S/C13H18N2O2S/c1-4-13(3,5-2)15-18(16,17)12-8-6-11(10-14)7-9-12/h6-9,15H,4-5H2,1-3H3. The third kappa shape index (κ3) is 3.31. The van der Waals surface area contributed by atoms with E-state index >= 15 is 0 Å². The van der Waals surface area contributed by atoms with Gasteiger partial charge in [0.25, 0.3) is 0 Å². The summed E-state index contributed by atoms with van der Waals surface area (Å²) in [6.45, 7) is 5.78. The van der Waals surface area contributed by atoms with Gasteiger partial charge in [-0.15, -0.1) is 0 Å². The lowest BCUT2D eigenvalue weighted by atomic mass is 9.98. The summed E-state index contributed by atoms with van der Waals surface area (Å²) in [5, 5.41) is 8.68. The van der Waals surface area contributed by atoms with Crippen LogP contribution in [-0.2, 0) is 10.0 Å². The molecule has 1 aromatic rings. The third-order valence-corrected chi connectivity index (χ3v) is 4.89. The molecule has 5 heteroatoms. The molecular formula is C13H18N2O2S. The van der Waals surface area contributed by atoms with Crippen molar-refractivity contribution >= 4 is 10.0 Å². The highest BCUT2D eigenvalue weighted by atomic mass is 32.2. The van der Waals surface area contributed by atoms with Crippen molar-refractivity contribution in [3.63, 3.8) is 0 Å². The first-order chi connectivity index (χ1) is 8.37. The Bertz CT molecular complexity index is 537. The number of nitriles is 1. The monoisotopic (exact) mass is 266 g/mol. The van der Waals surface area contributed by atoms with E-state index in [-0.39, 0.29) is 4.90 Å². The third-order valence-electron chi connectivity index (χ3n) is 3.24. The SMILES string of the molecule is CCC(C)(CC)NS(=O)(=O)c1ccc(C#N)cc1. The number of benzene rings is 1. The van der Waals surface area contributed by atoms with Crippen molar-refractivity contribution in [2.24, 2.45) is 0 Å². The van der Waals surface area contributed by atoms with Gasteiger partial charge in [0.1, 0.15) is 0 Å². The van der Waals surface area contributed by atoms with Crippen LogP contribution in [0, 0.1) is 11.3 Å². The predicted molar refractivity (Wildman–Crippen MR) is 70.5 cm³/mol. The maximum Gasteiger partial charge on any atom is 0.241 e. The van der Waals surface area contributed by atoms with Crippen LogP contribution in [0.15, 0.2) is 29.2 Å². The van der Waals surface area contributed by atoms with Crippen molar-refractivity contribution in [2.45, 2.75) is 44.0 Å². The molecule has 0 saturated carbocycles. The molecule has 0 aromatic heterocycles. The van der Waals surface area contributed by atoms with Crippen molar-refractivity contribution < 1.29 is 8.42 Å². The Morgan fingerprint density at radius 3 is 2.11 bits per heavy atom. The van der Waals surface area contributed by atoms with E-state index in [0.717, 1.165) is 12.8 Å². The van der Waals surface area contributed by atoms with Crippen LogP contribution >= 0.6 is 0 Å². The highest BCUT2D eigenvalue weighted by Crippen LogP contribution is 2.19. The molecule has 0 bridgehead atoms. The molecule has 1 N–H and O–H groups in total. The van der Waals surface area contributed by atoms with Gasteiger partial charge >= 0.3 is 0 Å². The van der Waals surface area contributed by atoms with E-state index in [2.05, 4.69) is 4.72 Å². The molecular weight excluding hydrogens is 248 g/mol. The summed E-state index contributed by atoms with van der Waals surface area (Å²) in [6, 6.07) is 7.87. The molecule has 1 rings (SSSR count). The average molecular weight is 266 g/mol. The molecule has 0 amide bonds. The highest BCUT2D eigenvalue weighted by Gasteiger charge is 2.27. The van der Waals surface area contributed by atoms with E-state index in [1.807, 2.05) is 26.8 Å². The summed E-state index contributed by atoms with van der Waals surface area (Å²) in [5.74, 6) is 0. The molecule has 1 aromatic carbocycles. The number of hydrogen-bond acceptors (Lipinski definition) is 3. The molecule has 4 nitrogen and oxygen atoms in total. The van der Waals surface area contributed by atoms with Gasteiger partial charge in [-0.3, -0.25) is 0 Å². The topological polar surface area (TPSA) is 70.0 Å². The molecule has 18 heavy (non-hydrogen) atoms. The minimum atomic E-state index is -3.53. The van der Waals surface area contributed by atoms with E-state index in [0.29, 0.717) is 5.56 Å². The molecule has 0 heterocycles. The molecule has 0 aliphatic carbocycles. The minimum Gasteiger partial charge on any atom is -0.207 e. The smallest absolute Gasteiger partial charge is 0.207 e. The van der Waals surface area contributed by atoms with Crippen LogP contribution < -0.4 is 4.72 Å². The van der Waals surface area contributed by atoms with Crippen LogP contribution in [0.1, 0.15) is 39.2 Å². The normalized spacial score (nSPS) is 12.1. The van der Waals surface area contributed by atoms with Crippen LogP contribution in [-0.4, -0.2) is 14.0 Å².